The van der Waals surface area contributed by atoms with Crippen LogP contribution in [0.15, 0.2) is 0 Å². The number of hydrogen-bond acceptors (Lipinski definition) is 2. The summed E-state index contributed by atoms with van der Waals surface area (Å²) in [5.74, 6) is -4.94. The van der Waals surface area contributed by atoms with Crippen LogP contribution in [0.3, 0.4) is 0 Å². The predicted octanol–water partition coefficient (Wildman–Crippen LogP) is 1.84. The standard InChI is InChI=1S/C7H8F5NOS/c8-6(9,7(10,11)12)5(15)13-1-3-14-4-2-13/h1-4H2. The van der Waals surface area contributed by atoms with Crippen LogP contribution in [0.4, 0.5) is 22.0 Å². The average molecular weight is 249 g/mol. The number of nitrogens with zero attached hydrogens (tertiary/aromatic N) is 1. The van der Waals surface area contributed by atoms with Crippen molar-refractivity contribution < 1.29 is 26.7 Å². The molecule has 0 aromatic carbocycles. The van der Waals surface area contributed by atoms with Crippen LogP contribution in [0.25, 0.3) is 0 Å². The van der Waals surface area contributed by atoms with Crippen LogP contribution < -0.4 is 0 Å². The van der Waals surface area contributed by atoms with Crippen LogP contribution in [-0.4, -0.2) is 48.3 Å². The zero-order valence-corrected chi connectivity index (χ0v) is 8.30. The first kappa shape index (κ1) is 12.6. The minimum absolute atomic E-state index is 0.0372. The Kier molecular flexibility index (Phi) is 3.49. The average Bonchev–Trinajstić information content (AvgIpc) is 2.16. The maximum Gasteiger partial charge on any atom is 0.460 e. The van der Waals surface area contributed by atoms with Crippen molar-refractivity contribution >= 4 is 17.2 Å². The normalized spacial score (nSPS) is 19.1. The molecule has 15 heavy (non-hydrogen) atoms. The van der Waals surface area contributed by atoms with Crippen molar-refractivity contribution in [3.8, 4) is 0 Å². The molecule has 1 aliphatic heterocycles. The second kappa shape index (κ2) is 4.17. The van der Waals surface area contributed by atoms with Crippen molar-refractivity contribution in [2.45, 2.75) is 12.1 Å². The Labute approximate surface area is 88.0 Å². The van der Waals surface area contributed by atoms with Crippen LogP contribution in [0.5, 0.6) is 0 Å². The molecule has 0 aliphatic carbocycles. The molecule has 0 radical (unpaired) electrons. The van der Waals surface area contributed by atoms with Gasteiger partial charge in [0.1, 0.15) is 0 Å². The summed E-state index contributed by atoms with van der Waals surface area (Å²) in [7, 11) is 0. The molecule has 2 nitrogen and oxygen atoms in total. The van der Waals surface area contributed by atoms with Crippen molar-refractivity contribution in [2.24, 2.45) is 0 Å². The minimum Gasteiger partial charge on any atom is -0.378 e. The van der Waals surface area contributed by atoms with Gasteiger partial charge in [-0.25, -0.2) is 0 Å². The second-order valence-electron chi connectivity index (χ2n) is 2.98. The van der Waals surface area contributed by atoms with Gasteiger partial charge in [0.05, 0.1) is 13.2 Å². The summed E-state index contributed by atoms with van der Waals surface area (Å²) >= 11 is 4.16. The minimum atomic E-state index is -5.64. The molecular formula is C7H8F5NOS. The highest BCUT2D eigenvalue weighted by molar-refractivity contribution is 7.80. The summed E-state index contributed by atoms with van der Waals surface area (Å²) in [4.78, 5) is -0.551. The third kappa shape index (κ3) is 2.54. The quantitative estimate of drug-likeness (QED) is 0.520. The Morgan fingerprint density at radius 3 is 1.93 bits per heavy atom. The molecule has 1 heterocycles. The second-order valence-corrected chi connectivity index (χ2v) is 3.36. The number of thiocarbonyl (C=S) groups is 1. The molecule has 0 amide bonds. The van der Waals surface area contributed by atoms with Crippen molar-refractivity contribution in [3.05, 3.63) is 0 Å². The number of alkyl halides is 5. The van der Waals surface area contributed by atoms with Gasteiger partial charge in [0.2, 0.25) is 0 Å². The number of hydrogen-bond donors (Lipinski definition) is 0. The predicted molar refractivity (Wildman–Crippen MR) is 46.0 cm³/mol. The molecule has 1 rings (SSSR count). The molecular weight excluding hydrogens is 241 g/mol. The van der Waals surface area contributed by atoms with Gasteiger partial charge >= 0.3 is 12.1 Å². The van der Waals surface area contributed by atoms with Gasteiger partial charge in [-0.05, 0) is 0 Å². The Morgan fingerprint density at radius 1 is 1.07 bits per heavy atom. The summed E-state index contributed by atoms with van der Waals surface area (Å²) in [6.45, 7) is 0.136. The molecule has 0 spiro atoms. The Balaban J connectivity index is 2.74. The topological polar surface area (TPSA) is 12.5 Å². The van der Waals surface area contributed by atoms with E-state index in [1.807, 2.05) is 0 Å². The summed E-state index contributed by atoms with van der Waals surface area (Å²) in [5.41, 5.74) is 0. The van der Waals surface area contributed by atoms with E-state index in [0.717, 1.165) is 4.90 Å². The van der Waals surface area contributed by atoms with Crippen molar-refractivity contribution in [1.29, 1.82) is 0 Å². The lowest BCUT2D eigenvalue weighted by Gasteiger charge is -2.33. The summed E-state index contributed by atoms with van der Waals surface area (Å²) in [6, 6.07) is 0. The fraction of sp³-hybridized carbons (Fsp3) is 0.857. The van der Waals surface area contributed by atoms with Gasteiger partial charge in [0.15, 0.2) is 4.99 Å². The van der Waals surface area contributed by atoms with Crippen LogP contribution in [-0.2, 0) is 4.74 Å². The van der Waals surface area contributed by atoms with E-state index in [4.69, 9.17) is 4.74 Å². The maximum absolute atomic E-state index is 12.8. The zero-order chi connectivity index (χ0) is 11.7. The Hall–Kier alpha value is -0.500. The monoisotopic (exact) mass is 249 g/mol. The van der Waals surface area contributed by atoms with Gasteiger partial charge < -0.3 is 9.64 Å². The maximum atomic E-state index is 12.8. The van der Waals surface area contributed by atoms with Gasteiger partial charge in [-0.2, -0.15) is 22.0 Å². The molecule has 0 unspecified atom stereocenters. The molecule has 1 aliphatic rings. The van der Waals surface area contributed by atoms with E-state index in [1.54, 1.807) is 0 Å². The van der Waals surface area contributed by atoms with Crippen LogP contribution in [0.1, 0.15) is 0 Å². The van der Waals surface area contributed by atoms with Crippen LogP contribution in [0, 0.1) is 0 Å². The van der Waals surface area contributed by atoms with E-state index < -0.39 is 17.1 Å². The fourth-order valence-corrected chi connectivity index (χ4v) is 1.38. The number of ether oxygens (including phenoxy) is 1. The number of halogens is 5. The van der Waals surface area contributed by atoms with Gasteiger partial charge in [-0.15, -0.1) is 0 Å². The number of rotatable bonds is 1. The molecule has 1 fully saturated rings. The van der Waals surface area contributed by atoms with Crippen LogP contribution in [0.2, 0.25) is 0 Å². The Bertz CT molecular complexity index is 248. The van der Waals surface area contributed by atoms with Gasteiger partial charge in [-0.1, -0.05) is 12.2 Å². The third-order valence-corrected chi connectivity index (χ3v) is 2.44. The van der Waals surface area contributed by atoms with E-state index in [2.05, 4.69) is 12.2 Å². The molecule has 1 saturated heterocycles. The number of morpholine rings is 1. The first-order valence-corrected chi connectivity index (χ1v) is 4.49. The highest BCUT2D eigenvalue weighted by Gasteiger charge is 2.62. The molecule has 0 N–H and O–H groups in total. The lowest BCUT2D eigenvalue weighted by molar-refractivity contribution is -0.251. The SMILES string of the molecule is FC(F)(F)C(F)(F)C(=S)N1CCOCC1. The highest BCUT2D eigenvalue weighted by Crippen LogP contribution is 2.37. The molecule has 0 saturated carbocycles. The van der Waals surface area contributed by atoms with Gasteiger partial charge in [-0.3, -0.25) is 0 Å². The highest BCUT2D eigenvalue weighted by atomic mass is 32.1. The smallest absolute Gasteiger partial charge is 0.378 e. The lowest BCUT2D eigenvalue weighted by Crippen LogP contribution is -2.53. The van der Waals surface area contributed by atoms with E-state index in [-0.39, 0.29) is 26.3 Å². The van der Waals surface area contributed by atoms with E-state index in [1.165, 1.54) is 0 Å². The molecule has 88 valence electrons. The van der Waals surface area contributed by atoms with Gasteiger partial charge in [0.25, 0.3) is 0 Å². The molecule has 0 aromatic heterocycles. The molecule has 8 heteroatoms. The van der Waals surface area contributed by atoms with E-state index in [0.29, 0.717) is 0 Å². The molecule has 0 bridgehead atoms. The van der Waals surface area contributed by atoms with Crippen molar-refractivity contribution in [2.75, 3.05) is 26.3 Å². The fourth-order valence-electron chi connectivity index (χ4n) is 1.09. The zero-order valence-electron chi connectivity index (χ0n) is 7.48. The largest absolute Gasteiger partial charge is 0.460 e. The third-order valence-electron chi connectivity index (χ3n) is 1.92. The summed E-state index contributed by atoms with van der Waals surface area (Å²) in [5, 5.41) is 0. The van der Waals surface area contributed by atoms with Crippen LogP contribution >= 0.6 is 12.2 Å². The van der Waals surface area contributed by atoms with Gasteiger partial charge in [0, 0.05) is 13.1 Å². The first-order chi connectivity index (χ1) is 6.77. The first-order valence-electron chi connectivity index (χ1n) is 4.08. The Morgan fingerprint density at radius 2 is 1.53 bits per heavy atom. The molecule has 0 atom stereocenters. The van der Waals surface area contributed by atoms with Crippen molar-refractivity contribution in [1.82, 2.24) is 4.90 Å². The lowest BCUT2D eigenvalue weighted by atomic mass is 10.2. The molecule has 0 aromatic rings. The van der Waals surface area contributed by atoms with Crippen molar-refractivity contribution in [3.63, 3.8) is 0 Å². The summed E-state index contributed by atoms with van der Waals surface area (Å²) in [6.07, 6.45) is -5.64. The summed E-state index contributed by atoms with van der Waals surface area (Å²) < 4.78 is 66.2. The van der Waals surface area contributed by atoms with E-state index in [9.17, 15) is 22.0 Å². The van der Waals surface area contributed by atoms with E-state index >= 15 is 0 Å².